The minimum absolute atomic E-state index is 0. The zero-order chi connectivity index (χ0) is 0. The average molecular weight is 145 g/mol. The monoisotopic (exact) mass is 145 g/mol. The summed E-state index contributed by atoms with van der Waals surface area (Å²) in [5, 5.41) is 0. The Morgan fingerprint density at radius 2 is 0.571 bits per heavy atom. The van der Waals surface area contributed by atoms with Crippen molar-refractivity contribution in [3.63, 3.8) is 0 Å². The Hall–Kier alpha value is 0.580. The number of halogens is 6. The Morgan fingerprint density at radius 3 is 0.571 bits per heavy atom. The molecule has 0 saturated heterocycles. The van der Waals surface area contributed by atoms with Crippen LogP contribution in [-0.2, 0) is 0 Å². The van der Waals surface area contributed by atoms with Gasteiger partial charge in [-0.2, -0.15) is 0 Å². The summed E-state index contributed by atoms with van der Waals surface area (Å²) in [6.45, 7) is 0. The zero-order valence-electron chi connectivity index (χ0n) is 5.45. The first-order valence-corrected chi connectivity index (χ1v) is 0. The Balaban J connectivity index is 0. The van der Waals surface area contributed by atoms with E-state index in [1.807, 2.05) is 0 Å². The van der Waals surface area contributed by atoms with Crippen molar-refractivity contribution in [1.29, 1.82) is 0 Å². The third-order valence-corrected chi connectivity index (χ3v) is 0. The van der Waals surface area contributed by atoms with Crippen LogP contribution in [0, 0.1) is 0 Å². The Labute approximate surface area is 61.1 Å². The number of rotatable bonds is 0. The van der Waals surface area contributed by atoms with Crippen LogP contribution in [0.3, 0.4) is 0 Å². The average Bonchev–Trinajstić information content (AvgIpc) is 0. The summed E-state index contributed by atoms with van der Waals surface area (Å²) in [5.41, 5.74) is 0. The van der Waals surface area contributed by atoms with Gasteiger partial charge >= 0.3 is 31.0 Å². The molecule has 0 unspecified atom stereocenters. The third-order valence-electron chi connectivity index (χ3n) is 0. The molecular weight excluding hydrogens is 137 g/mol. The Morgan fingerprint density at radius 1 is 0.571 bits per heavy atom. The normalized spacial score (nSPS) is 0. The van der Waals surface area contributed by atoms with Gasteiger partial charge in [0.2, 0.25) is 0 Å². The molecule has 0 amide bonds. The summed E-state index contributed by atoms with van der Waals surface area (Å²) in [6.07, 6.45) is 0. The van der Waals surface area contributed by atoms with Gasteiger partial charge in [-0.15, -0.1) is 0 Å². The second-order valence-electron chi connectivity index (χ2n) is 0. The first kappa shape index (κ1) is 976. The van der Waals surface area contributed by atoms with Crippen LogP contribution in [0.1, 0.15) is 2.85 Å². The summed E-state index contributed by atoms with van der Waals surface area (Å²) in [4.78, 5) is 0. The molecular formula is H8F6Na+. The molecule has 0 atom stereocenters. The number of hydrogen-bond donors (Lipinski definition) is 0. The van der Waals surface area contributed by atoms with Crippen molar-refractivity contribution in [2.75, 3.05) is 0 Å². The maximum atomic E-state index is 0. The molecule has 7 heavy (non-hydrogen) atoms. The van der Waals surface area contributed by atoms with E-state index < -0.39 is 0 Å². The van der Waals surface area contributed by atoms with Gasteiger partial charge in [-0.05, 0) is 0 Å². The van der Waals surface area contributed by atoms with Gasteiger partial charge in [0.1, 0.15) is 0 Å². The van der Waals surface area contributed by atoms with E-state index in [1.54, 1.807) is 0 Å². The van der Waals surface area contributed by atoms with Gasteiger partial charge in [-0.3, -0.25) is 28.2 Å². The van der Waals surface area contributed by atoms with Gasteiger partial charge in [0, 0.05) is 0 Å². The van der Waals surface area contributed by atoms with Crippen molar-refractivity contribution >= 4 is 0 Å². The van der Waals surface area contributed by atoms with E-state index >= 15 is 0 Å². The molecule has 0 spiro atoms. The third kappa shape index (κ3) is 410. The predicted octanol–water partition coefficient (Wildman–Crippen LogP) is -1.86. The van der Waals surface area contributed by atoms with E-state index in [1.165, 1.54) is 0 Å². The zero-order valence-corrected chi connectivity index (χ0v) is 5.45. The van der Waals surface area contributed by atoms with Crippen LogP contribution < -0.4 is 29.6 Å². The molecule has 0 aromatic carbocycles. The fraction of sp³-hybridized carbons (Fsp3) is 0. The minimum atomic E-state index is 0. The minimum Gasteiger partial charge on any atom is -1.00 e. The van der Waals surface area contributed by atoms with Crippen LogP contribution in [0.15, 0.2) is 0 Å². The van der Waals surface area contributed by atoms with Crippen molar-refractivity contribution in [2.45, 2.75) is 0 Å². The van der Waals surface area contributed by atoms with Gasteiger partial charge in [-0.1, -0.05) is 0 Å². The Bertz CT molecular complexity index is 11.0. The summed E-state index contributed by atoms with van der Waals surface area (Å²) in [6, 6.07) is 0. The molecule has 0 nitrogen and oxygen atoms in total. The number of hydrogen-bond acceptors (Lipinski definition) is 0. The van der Waals surface area contributed by atoms with Gasteiger partial charge in [0.15, 0.2) is 0 Å². The fourth-order valence-electron chi connectivity index (χ4n) is 0. The summed E-state index contributed by atoms with van der Waals surface area (Å²) in [7, 11) is 0. The van der Waals surface area contributed by atoms with Crippen molar-refractivity contribution in [3.8, 4) is 0 Å². The van der Waals surface area contributed by atoms with E-state index in [4.69, 9.17) is 0 Å². The van der Waals surface area contributed by atoms with E-state index in [-0.39, 0.29) is 60.6 Å². The predicted molar refractivity (Wildman–Crippen MR) is 17.2 cm³/mol. The molecule has 0 aliphatic heterocycles. The van der Waals surface area contributed by atoms with E-state index in [0.717, 1.165) is 0 Å². The van der Waals surface area contributed by atoms with Crippen LogP contribution >= 0.6 is 0 Å². The fourth-order valence-corrected chi connectivity index (χ4v) is 0. The topological polar surface area (TPSA) is 0 Å². The molecule has 0 N–H and O–H groups in total. The van der Waals surface area contributed by atoms with Crippen LogP contribution in [0.25, 0.3) is 0 Å². The first-order valence-electron chi connectivity index (χ1n) is 0. The van der Waals surface area contributed by atoms with E-state index in [2.05, 4.69) is 0 Å². The summed E-state index contributed by atoms with van der Waals surface area (Å²) < 4.78 is 0. The van der Waals surface area contributed by atoms with Crippen molar-refractivity contribution in [2.24, 2.45) is 0 Å². The standard InChI is InChI=1S/6FH.Na.H/h6*1H;;/q;;;;;;+1;-1/p+1. The maximum Gasteiger partial charge on any atom is 1.00 e. The van der Waals surface area contributed by atoms with Crippen LogP contribution in [0.4, 0.5) is 28.2 Å². The van der Waals surface area contributed by atoms with Gasteiger partial charge in [0.05, 0.1) is 0 Å². The van der Waals surface area contributed by atoms with Gasteiger partial charge < -0.3 is 1.43 Å². The molecule has 0 bridgehead atoms. The summed E-state index contributed by atoms with van der Waals surface area (Å²) in [5.74, 6) is 0. The molecule has 0 aromatic heterocycles. The molecule has 0 aromatic rings. The SMILES string of the molecule is F.F.F.F.F.F.[H+].[H-].[Na+]. The molecule has 0 aliphatic carbocycles. The van der Waals surface area contributed by atoms with Gasteiger partial charge in [-0.25, -0.2) is 0 Å². The Kier molecular flexibility index (Phi) is 84900. The van der Waals surface area contributed by atoms with Gasteiger partial charge in [0.25, 0.3) is 0 Å². The second kappa shape index (κ2) is 609. The second-order valence-corrected chi connectivity index (χ2v) is 0. The molecule has 0 radical (unpaired) electrons. The molecule has 0 aliphatic rings. The van der Waals surface area contributed by atoms with Crippen LogP contribution in [0.2, 0.25) is 0 Å². The molecule has 0 saturated carbocycles. The summed E-state index contributed by atoms with van der Waals surface area (Å²) >= 11 is 0. The smallest absolute Gasteiger partial charge is 1.00 e. The molecule has 0 heterocycles. The molecule has 7 heteroatoms. The van der Waals surface area contributed by atoms with Crippen LogP contribution in [-0.4, -0.2) is 0 Å². The molecule has 0 rings (SSSR count). The quantitative estimate of drug-likeness (QED) is 0.277. The maximum absolute atomic E-state index is 0. The first-order chi connectivity index (χ1) is 0. The molecule has 0 fully saturated rings. The van der Waals surface area contributed by atoms with Crippen molar-refractivity contribution in [1.82, 2.24) is 0 Å². The van der Waals surface area contributed by atoms with E-state index in [9.17, 15) is 0 Å². The van der Waals surface area contributed by atoms with E-state index in [0.29, 0.717) is 0 Å². The van der Waals surface area contributed by atoms with Crippen LogP contribution in [0.5, 0.6) is 0 Å². The van der Waals surface area contributed by atoms with Crippen molar-refractivity contribution < 1.29 is 60.6 Å². The van der Waals surface area contributed by atoms with Crippen molar-refractivity contribution in [3.05, 3.63) is 0 Å². The largest absolute Gasteiger partial charge is 1.00 e. The molecule has 50 valence electrons.